The van der Waals surface area contributed by atoms with Gasteiger partial charge in [0.1, 0.15) is 17.9 Å². The van der Waals surface area contributed by atoms with Gasteiger partial charge in [-0.1, -0.05) is 17.7 Å². The summed E-state index contributed by atoms with van der Waals surface area (Å²) in [6.45, 7) is 4.19. The monoisotopic (exact) mass is 308 g/mol. The van der Waals surface area contributed by atoms with E-state index in [1.165, 1.54) is 0 Å². The smallest absolute Gasteiger partial charge is 0.138 e. The van der Waals surface area contributed by atoms with Gasteiger partial charge in [-0.25, -0.2) is 9.67 Å². The molecule has 0 saturated carbocycles. The second kappa shape index (κ2) is 6.91. The second-order valence-electron chi connectivity index (χ2n) is 5.15. The van der Waals surface area contributed by atoms with Crippen LogP contribution in [0.15, 0.2) is 24.5 Å². The topological polar surface area (TPSA) is 52.0 Å². The summed E-state index contributed by atoms with van der Waals surface area (Å²) in [5.74, 6) is 1.72. The molecule has 1 aromatic heterocycles. The molecule has 1 N–H and O–H groups in total. The number of benzene rings is 1. The molecule has 0 radical (unpaired) electrons. The molecule has 1 atom stereocenters. The number of halogens is 1. The van der Waals surface area contributed by atoms with Crippen LogP contribution in [-0.2, 0) is 6.42 Å². The van der Waals surface area contributed by atoms with Crippen molar-refractivity contribution in [3.8, 4) is 5.75 Å². The number of hydrogen-bond acceptors (Lipinski definition) is 4. The van der Waals surface area contributed by atoms with E-state index in [-0.39, 0.29) is 12.1 Å². The van der Waals surface area contributed by atoms with Crippen LogP contribution < -0.4 is 10.1 Å². The fraction of sp³-hybridized carbons (Fsp3) is 0.467. The molecule has 0 amide bonds. The van der Waals surface area contributed by atoms with Crippen LogP contribution in [0.5, 0.6) is 5.75 Å². The van der Waals surface area contributed by atoms with E-state index in [0.717, 1.165) is 23.6 Å². The predicted molar refractivity (Wildman–Crippen MR) is 83.9 cm³/mol. The van der Waals surface area contributed by atoms with E-state index in [0.29, 0.717) is 5.02 Å². The molecule has 114 valence electrons. The third-order valence-electron chi connectivity index (χ3n) is 3.44. The zero-order chi connectivity index (χ0) is 15.4. The minimum atomic E-state index is 0.0823. The van der Waals surface area contributed by atoms with Crippen LogP contribution in [0, 0.1) is 0 Å². The first-order valence-corrected chi connectivity index (χ1v) is 7.33. The molecule has 0 aliphatic rings. The van der Waals surface area contributed by atoms with Crippen molar-refractivity contribution in [2.24, 2.45) is 0 Å². The zero-order valence-electron chi connectivity index (χ0n) is 12.8. The summed E-state index contributed by atoms with van der Waals surface area (Å²) in [4.78, 5) is 4.37. The molecule has 0 aliphatic heterocycles. The molecule has 2 aromatic rings. The van der Waals surface area contributed by atoms with E-state index in [4.69, 9.17) is 16.3 Å². The molecule has 2 rings (SSSR count). The minimum Gasteiger partial charge on any atom is -0.496 e. The van der Waals surface area contributed by atoms with Gasteiger partial charge in [0.05, 0.1) is 7.11 Å². The SMILES string of the molecule is CNC(Cc1ncnn1C(C)C)c1ccc(Cl)cc1OC. The first-order valence-electron chi connectivity index (χ1n) is 6.96. The third-order valence-corrected chi connectivity index (χ3v) is 3.68. The highest BCUT2D eigenvalue weighted by molar-refractivity contribution is 6.30. The molecule has 6 heteroatoms. The zero-order valence-corrected chi connectivity index (χ0v) is 13.6. The van der Waals surface area contributed by atoms with Gasteiger partial charge in [0.2, 0.25) is 0 Å². The van der Waals surface area contributed by atoms with E-state index in [9.17, 15) is 0 Å². The number of methoxy groups -OCH3 is 1. The van der Waals surface area contributed by atoms with E-state index in [2.05, 4.69) is 29.2 Å². The van der Waals surface area contributed by atoms with Gasteiger partial charge in [0.15, 0.2) is 0 Å². The summed E-state index contributed by atoms with van der Waals surface area (Å²) >= 11 is 6.03. The molecule has 1 aromatic carbocycles. The number of hydrogen-bond donors (Lipinski definition) is 1. The number of rotatable bonds is 6. The standard InChI is InChI=1S/C15H21ClN4O/c1-10(2)20-15(18-9-19-20)8-13(17-3)12-6-5-11(16)7-14(12)21-4/h5-7,9-10,13,17H,8H2,1-4H3. The van der Waals surface area contributed by atoms with Gasteiger partial charge in [-0.15, -0.1) is 0 Å². The van der Waals surface area contributed by atoms with Crippen molar-refractivity contribution >= 4 is 11.6 Å². The summed E-state index contributed by atoms with van der Waals surface area (Å²) in [6, 6.07) is 6.05. The molecule has 21 heavy (non-hydrogen) atoms. The third kappa shape index (κ3) is 3.54. The number of nitrogens with zero attached hydrogens (tertiary/aromatic N) is 3. The summed E-state index contributed by atoms with van der Waals surface area (Å²) < 4.78 is 7.38. The Morgan fingerprint density at radius 3 is 2.76 bits per heavy atom. The average Bonchev–Trinajstić information content (AvgIpc) is 2.93. The van der Waals surface area contributed by atoms with E-state index >= 15 is 0 Å². The Kier molecular flexibility index (Phi) is 5.20. The number of ether oxygens (including phenoxy) is 1. The summed E-state index contributed by atoms with van der Waals surface area (Å²) in [5, 5.41) is 8.25. The van der Waals surface area contributed by atoms with Crippen LogP contribution in [0.2, 0.25) is 5.02 Å². The molecule has 0 aliphatic carbocycles. The maximum atomic E-state index is 6.03. The van der Waals surface area contributed by atoms with Crippen LogP contribution in [0.25, 0.3) is 0 Å². The van der Waals surface area contributed by atoms with E-state index in [1.807, 2.05) is 29.9 Å². The first kappa shape index (κ1) is 15.8. The average molecular weight is 309 g/mol. The van der Waals surface area contributed by atoms with Crippen LogP contribution in [0.1, 0.15) is 37.3 Å². The van der Waals surface area contributed by atoms with Crippen LogP contribution >= 0.6 is 11.6 Å². The summed E-state index contributed by atoms with van der Waals surface area (Å²) in [7, 11) is 3.58. The van der Waals surface area contributed by atoms with Crippen molar-refractivity contribution in [1.82, 2.24) is 20.1 Å². The summed E-state index contributed by atoms with van der Waals surface area (Å²) in [5.41, 5.74) is 1.06. The fourth-order valence-corrected chi connectivity index (χ4v) is 2.54. The van der Waals surface area contributed by atoms with Crippen molar-refractivity contribution in [2.75, 3.05) is 14.2 Å². The minimum absolute atomic E-state index is 0.0823. The highest BCUT2D eigenvalue weighted by atomic mass is 35.5. The molecular formula is C15H21ClN4O. The van der Waals surface area contributed by atoms with Crippen molar-refractivity contribution in [3.05, 3.63) is 40.9 Å². The Balaban J connectivity index is 2.30. The van der Waals surface area contributed by atoms with Gasteiger partial charge >= 0.3 is 0 Å². The lowest BCUT2D eigenvalue weighted by atomic mass is 10.0. The van der Waals surface area contributed by atoms with Gasteiger partial charge in [0.25, 0.3) is 0 Å². The van der Waals surface area contributed by atoms with E-state index < -0.39 is 0 Å². The lowest BCUT2D eigenvalue weighted by Gasteiger charge is -2.20. The Bertz CT molecular complexity index is 597. The predicted octanol–water partition coefficient (Wildman–Crippen LogP) is 3.02. The maximum Gasteiger partial charge on any atom is 0.138 e. The summed E-state index contributed by atoms with van der Waals surface area (Å²) in [6.07, 6.45) is 2.33. The highest BCUT2D eigenvalue weighted by Gasteiger charge is 2.19. The molecule has 5 nitrogen and oxygen atoms in total. The Morgan fingerprint density at radius 1 is 1.38 bits per heavy atom. The molecule has 0 bridgehead atoms. The van der Waals surface area contributed by atoms with E-state index in [1.54, 1.807) is 13.4 Å². The number of aromatic nitrogens is 3. The van der Waals surface area contributed by atoms with Gasteiger partial charge in [-0.3, -0.25) is 0 Å². The number of likely N-dealkylation sites (N-methyl/N-ethyl adjacent to an activating group) is 1. The van der Waals surface area contributed by atoms with Crippen molar-refractivity contribution in [1.29, 1.82) is 0 Å². The quantitative estimate of drug-likeness (QED) is 0.891. The Hall–Kier alpha value is -1.59. The van der Waals surface area contributed by atoms with Crippen molar-refractivity contribution in [2.45, 2.75) is 32.4 Å². The lowest BCUT2D eigenvalue weighted by Crippen LogP contribution is -2.22. The van der Waals surface area contributed by atoms with Gasteiger partial charge < -0.3 is 10.1 Å². The maximum absolute atomic E-state index is 6.03. The van der Waals surface area contributed by atoms with Gasteiger partial charge in [-0.05, 0) is 33.0 Å². The number of nitrogens with one attached hydrogen (secondary N) is 1. The van der Waals surface area contributed by atoms with Crippen molar-refractivity contribution < 1.29 is 4.74 Å². The largest absolute Gasteiger partial charge is 0.496 e. The van der Waals surface area contributed by atoms with Crippen LogP contribution in [-0.4, -0.2) is 28.9 Å². The molecule has 0 spiro atoms. The molecular weight excluding hydrogens is 288 g/mol. The molecule has 1 heterocycles. The highest BCUT2D eigenvalue weighted by Crippen LogP contribution is 2.30. The van der Waals surface area contributed by atoms with Gasteiger partial charge in [-0.2, -0.15) is 5.10 Å². The van der Waals surface area contributed by atoms with Gasteiger partial charge in [0, 0.05) is 29.1 Å². The Morgan fingerprint density at radius 2 is 2.14 bits per heavy atom. The second-order valence-corrected chi connectivity index (χ2v) is 5.58. The molecule has 0 fully saturated rings. The van der Waals surface area contributed by atoms with Crippen LogP contribution in [0.4, 0.5) is 0 Å². The fourth-order valence-electron chi connectivity index (χ4n) is 2.37. The molecule has 1 unspecified atom stereocenters. The molecule has 0 saturated heterocycles. The Labute approximate surface area is 130 Å². The van der Waals surface area contributed by atoms with Crippen LogP contribution in [0.3, 0.4) is 0 Å². The normalized spacial score (nSPS) is 12.7. The first-order chi connectivity index (χ1) is 10.1. The van der Waals surface area contributed by atoms with Crippen molar-refractivity contribution in [3.63, 3.8) is 0 Å². The lowest BCUT2D eigenvalue weighted by molar-refractivity contribution is 0.398.